The normalized spacial score (nSPS) is 11.7. The molecule has 1 aromatic rings. The van der Waals surface area contributed by atoms with Gasteiger partial charge in [0.2, 0.25) is 0 Å². The van der Waals surface area contributed by atoms with Crippen molar-refractivity contribution >= 4 is 0 Å². The molecule has 0 aliphatic carbocycles. The van der Waals surface area contributed by atoms with Crippen molar-refractivity contribution in [3.05, 3.63) is 34.9 Å². The summed E-state index contributed by atoms with van der Waals surface area (Å²) >= 11 is 0. The third-order valence-electron chi connectivity index (χ3n) is 1.83. The Kier molecular flexibility index (Phi) is 3.11. The Labute approximate surface area is 80.0 Å². The lowest BCUT2D eigenvalue weighted by atomic mass is 10.1. The van der Waals surface area contributed by atoms with Gasteiger partial charge in [0.15, 0.2) is 0 Å². The van der Waals surface area contributed by atoms with E-state index >= 15 is 0 Å². The third kappa shape index (κ3) is 2.93. The lowest BCUT2D eigenvalue weighted by Gasteiger charge is -1.99. The zero-order valence-electron chi connectivity index (χ0n) is 8.39. The Bertz CT molecular complexity index is 353. The van der Waals surface area contributed by atoms with E-state index < -0.39 is 0 Å². The second kappa shape index (κ2) is 4.11. The Morgan fingerprint density at radius 1 is 1.31 bits per heavy atom. The first-order valence-corrected chi connectivity index (χ1v) is 4.44. The Morgan fingerprint density at radius 2 is 2.00 bits per heavy atom. The zero-order valence-corrected chi connectivity index (χ0v) is 8.39. The van der Waals surface area contributed by atoms with Crippen LogP contribution in [0.5, 0.6) is 0 Å². The van der Waals surface area contributed by atoms with Gasteiger partial charge in [-0.2, -0.15) is 0 Å². The van der Waals surface area contributed by atoms with Crippen LogP contribution in [-0.2, 0) is 0 Å². The van der Waals surface area contributed by atoms with Crippen molar-refractivity contribution in [1.29, 1.82) is 0 Å². The van der Waals surface area contributed by atoms with Crippen LogP contribution in [0.3, 0.4) is 0 Å². The van der Waals surface area contributed by atoms with Crippen LogP contribution in [0, 0.1) is 25.7 Å². The molecular weight excluding hydrogens is 158 g/mol. The fourth-order valence-electron chi connectivity index (χ4n) is 1.06. The predicted octanol–water partition coefficient (Wildman–Crippen LogP) is 2.00. The van der Waals surface area contributed by atoms with E-state index in [-0.39, 0.29) is 6.04 Å². The molecule has 0 heterocycles. The van der Waals surface area contributed by atoms with Crippen LogP contribution < -0.4 is 5.73 Å². The van der Waals surface area contributed by atoms with Crippen LogP contribution in [0.25, 0.3) is 0 Å². The highest BCUT2D eigenvalue weighted by Gasteiger charge is 1.94. The van der Waals surface area contributed by atoms with E-state index in [2.05, 4.69) is 43.9 Å². The van der Waals surface area contributed by atoms with E-state index in [0.29, 0.717) is 0 Å². The second-order valence-corrected chi connectivity index (χ2v) is 3.38. The number of aryl methyl sites for hydroxylation is 2. The lowest BCUT2D eigenvalue weighted by molar-refractivity contribution is 0.959. The zero-order chi connectivity index (χ0) is 9.84. The Morgan fingerprint density at radius 3 is 2.62 bits per heavy atom. The summed E-state index contributed by atoms with van der Waals surface area (Å²) in [4.78, 5) is 0. The van der Waals surface area contributed by atoms with E-state index in [1.165, 1.54) is 11.1 Å². The van der Waals surface area contributed by atoms with Crippen molar-refractivity contribution < 1.29 is 0 Å². The maximum atomic E-state index is 5.55. The highest BCUT2D eigenvalue weighted by atomic mass is 14.6. The van der Waals surface area contributed by atoms with Gasteiger partial charge in [-0.3, -0.25) is 0 Å². The van der Waals surface area contributed by atoms with E-state index in [1.54, 1.807) is 0 Å². The van der Waals surface area contributed by atoms with Gasteiger partial charge in [-0.25, -0.2) is 0 Å². The van der Waals surface area contributed by atoms with Crippen molar-refractivity contribution in [3.63, 3.8) is 0 Å². The average Bonchev–Trinajstić information content (AvgIpc) is 2.06. The van der Waals surface area contributed by atoms with Crippen LogP contribution in [0.4, 0.5) is 0 Å². The summed E-state index contributed by atoms with van der Waals surface area (Å²) in [5.41, 5.74) is 9.08. The number of nitrogens with two attached hydrogens (primary N) is 1. The number of hydrogen-bond acceptors (Lipinski definition) is 1. The van der Waals surface area contributed by atoms with Crippen molar-refractivity contribution in [1.82, 2.24) is 0 Å². The van der Waals surface area contributed by atoms with Crippen molar-refractivity contribution in [2.45, 2.75) is 26.8 Å². The lowest BCUT2D eigenvalue weighted by Crippen LogP contribution is -2.10. The van der Waals surface area contributed by atoms with Gasteiger partial charge < -0.3 is 5.73 Å². The minimum atomic E-state index is -0.0556. The summed E-state index contributed by atoms with van der Waals surface area (Å²) in [6, 6.07) is 6.21. The monoisotopic (exact) mass is 173 g/mol. The average molecular weight is 173 g/mol. The SMILES string of the molecule is Cc1ccc(C)c(C#CC(C)N)c1. The minimum Gasteiger partial charge on any atom is -0.318 e. The maximum Gasteiger partial charge on any atom is 0.0639 e. The fourth-order valence-corrected chi connectivity index (χ4v) is 1.06. The van der Waals surface area contributed by atoms with Gasteiger partial charge in [0.1, 0.15) is 0 Å². The standard InChI is InChI=1S/C12H15N/c1-9-4-5-10(2)12(8-9)7-6-11(3)13/h4-5,8,11H,13H2,1-3H3. The van der Waals surface area contributed by atoms with Gasteiger partial charge in [0.25, 0.3) is 0 Å². The maximum absolute atomic E-state index is 5.55. The van der Waals surface area contributed by atoms with Crippen LogP contribution >= 0.6 is 0 Å². The summed E-state index contributed by atoms with van der Waals surface area (Å²) in [5.74, 6) is 6.04. The first-order valence-electron chi connectivity index (χ1n) is 4.44. The number of benzene rings is 1. The first-order chi connectivity index (χ1) is 6.09. The molecule has 0 aliphatic rings. The van der Waals surface area contributed by atoms with Crippen molar-refractivity contribution in [3.8, 4) is 11.8 Å². The quantitative estimate of drug-likeness (QED) is 0.597. The molecule has 1 atom stereocenters. The predicted molar refractivity (Wildman–Crippen MR) is 56.4 cm³/mol. The molecule has 0 spiro atoms. The molecule has 1 nitrogen and oxygen atoms in total. The summed E-state index contributed by atoms with van der Waals surface area (Å²) in [6.45, 7) is 6.01. The summed E-state index contributed by atoms with van der Waals surface area (Å²) in [7, 11) is 0. The second-order valence-electron chi connectivity index (χ2n) is 3.38. The summed E-state index contributed by atoms with van der Waals surface area (Å²) in [5, 5.41) is 0. The molecule has 1 unspecified atom stereocenters. The number of rotatable bonds is 0. The molecule has 68 valence electrons. The number of hydrogen-bond donors (Lipinski definition) is 1. The smallest absolute Gasteiger partial charge is 0.0639 e. The van der Waals surface area contributed by atoms with E-state index in [1.807, 2.05) is 6.92 Å². The summed E-state index contributed by atoms with van der Waals surface area (Å²) in [6.07, 6.45) is 0. The molecule has 2 N–H and O–H groups in total. The van der Waals surface area contributed by atoms with Gasteiger partial charge in [-0.1, -0.05) is 24.0 Å². The van der Waals surface area contributed by atoms with Crippen LogP contribution in [0.2, 0.25) is 0 Å². The molecule has 1 rings (SSSR count). The largest absolute Gasteiger partial charge is 0.318 e. The molecule has 0 radical (unpaired) electrons. The molecule has 0 aliphatic heterocycles. The Balaban J connectivity index is 3.02. The molecule has 0 aromatic heterocycles. The van der Waals surface area contributed by atoms with E-state index in [0.717, 1.165) is 5.56 Å². The van der Waals surface area contributed by atoms with Crippen molar-refractivity contribution in [2.24, 2.45) is 5.73 Å². The molecule has 1 aromatic carbocycles. The molecular formula is C12H15N. The van der Waals surface area contributed by atoms with E-state index in [4.69, 9.17) is 5.73 Å². The topological polar surface area (TPSA) is 26.0 Å². The fraction of sp³-hybridized carbons (Fsp3) is 0.333. The van der Waals surface area contributed by atoms with Crippen LogP contribution in [-0.4, -0.2) is 6.04 Å². The minimum absolute atomic E-state index is 0.0556. The molecule has 0 amide bonds. The molecule has 0 fully saturated rings. The van der Waals surface area contributed by atoms with Gasteiger partial charge in [0.05, 0.1) is 6.04 Å². The summed E-state index contributed by atoms with van der Waals surface area (Å²) < 4.78 is 0. The van der Waals surface area contributed by atoms with Crippen molar-refractivity contribution in [2.75, 3.05) is 0 Å². The van der Waals surface area contributed by atoms with Gasteiger partial charge in [0, 0.05) is 5.56 Å². The first kappa shape index (κ1) is 9.83. The molecule has 1 heteroatoms. The highest BCUT2D eigenvalue weighted by molar-refractivity contribution is 5.43. The molecule has 0 saturated heterocycles. The highest BCUT2D eigenvalue weighted by Crippen LogP contribution is 2.08. The third-order valence-corrected chi connectivity index (χ3v) is 1.83. The Hall–Kier alpha value is -1.26. The van der Waals surface area contributed by atoms with E-state index in [9.17, 15) is 0 Å². The van der Waals surface area contributed by atoms with Crippen LogP contribution in [0.15, 0.2) is 18.2 Å². The van der Waals surface area contributed by atoms with Gasteiger partial charge >= 0.3 is 0 Å². The van der Waals surface area contributed by atoms with Gasteiger partial charge in [-0.15, -0.1) is 0 Å². The van der Waals surface area contributed by atoms with Crippen LogP contribution in [0.1, 0.15) is 23.6 Å². The molecule has 0 saturated carbocycles. The van der Waals surface area contributed by atoms with Gasteiger partial charge in [-0.05, 0) is 38.0 Å². The molecule has 13 heavy (non-hydrogen) atoms. The molecule has 0 bridgehead atoms.